The van der Waals surface area contributed by atoms with Crippen LogP contribution in [0.5, 0.6) is 0 Å². The zero-order valence-electron chi connectivity index (χ0n) is 9.65. The molecule has 0 saturated carbocycles. The van der Waals surface area contributed by atoms with Gasteiger partial charge < -0.3 is 14.6 Å². The summed E-state index contributed by atoms with van der Waals surface area (Å²) in [5, 5.41) is 9.98. The molecule has 84 valence electrons. The lowest BCUT2D eigenvalue weighted by Gasteiger charge is -2.20. The third kappa shape index (κ3) is 3.02. The highest BCUT2D eigenvalue weighted by Gasteiger charge is 2.20. The maximum absolute atomic E-state index is 9.98. The van der Waals surface area contributed by atoms with Crippen LogP contribution in [0.2, 0.25) is 0 Å². The van der Waals surface area contributed by atoms with Crippen molar-refractivity contribution in [2.24, 2.45) is 0 Å². The van der Waals surface area contributed by atoms with Crippen LogP contribution in [0, 0.1) is 13.8 Å². The summed E-state index contributed by atoms with van der Waals surface area (Å²) in [6.45, 7) is 4.00. The Morgan fingerprint density at radius 3 is 1.87 bits per heavy atom. The van der Waals surface area contributed by atoms with Crippen molar-refractivity contribution in [3.63, 3.8) is 0 Å². The van der Waals surface area contributed by atoms with E-state index in [1.165, 1.54) is 14.2 Å². The lowest BCUT2D eigenvalue weighted by molar-refractivity contribution is -0.166. The maximum atomic E-state index is 9.98. The largest absolute Gasteiger partial charge is 0.383 e. The van der Waals surface area contributed by atoms with Gasteiger partial charge in [-0.3, -0.25) is 0 Å². The fraction of sp³-hybridized carbons (Fsp3) is 0.500. The van der Waals surface area contributed by atoms with E-state index < -0.39 is 12.4 Å². The van der Waals surface area contributed by atoms with Crippen LogP contribution >= 0.6 is 0 Å². The van der Waals surface area contributed by atoms with Crippen molar-refractivity contribution in [3.05, 3.63) is 34.9 Å². The molecular weight excluding hydrogens is 192 g/mol. The summed E-state index contributed by atoms with van der Waals surface area (Å²) in [6, 6.07) is 5.93. The highest BCUT2D eigenvalue weighted by atomic mass is 16.7. The van der Waals surface area contributed by atoms with Crippen LogP contribution in [0.1, 0.15) is 22.8 Å². The summed E-state index contributed by atoms with van der Waals surface area (Å²) in [6.07, 6.45) is -1.37. The number of aliphatic hydroxyl groups is 1. The van der Waals surface area contributed by atoms with Crippen LogP contribution in [0.25, 0.3) is 0 Å². The van der Waals surface area contributed by atoms with Gasteiger partial charge in [0.2, 0.25) is 0 Å². The molecule has 1 aromatic carbocycles. The Balaban J connectivity index is 2.94. The highest BCUT2D eigenvalue weighted by molar-refractivity contribution is 5.30. The van der Waals surface area contributed by atoms with Crippen molar-refractivity contribution in [2.45, 2.75) is 26.2 Å². The molecule has 15 heavy (non-hydrogen) atoms. The second-order valence-corrected chi connectivity index (χ2v) is 3.71. The molecule has 0 saturated heterocycles. The Labute approximate surface area is 90.6 Å². The molecule has 0 aliphatic rings. The molecule has 0 amide bonds. The van der Waals surface area contributed by atoms with E-state index in [0.29, 0.717) is 0 Å². The predicted octanol–water partition coefficient (Wildman–Crippen LogP) is 1.96. The first-order valence-electron chi connectivity index (χ1n) is 4.90. The molecule has 0 radical (unpaired) electrons. The number of ether oxygens (including phenoxy) is 2. The van der Waals surface area contributed by atoms with E-state index in [-0.39, 0.29) is 0 Å². The van der Waals surface area contributed by atoms with Gasteiger partial charge in [0.15, 0.2) is 6.29 Å². The van der Waals surface area contributed by atoms with E-state index in [2.05, 4.69) is 6.07 Å². The lowest BCUT2D eigenvalue weighted by Crippen LogP contribution is -2.22. The molecule has 0 aliphatic heterocycles. The summed E-state index contributed by atoms with van der Waals surface area (Å²) in [7, 11) is 3.03. The van der Waals surface area contributed by atoms with Gasteiger partial charge in [0, 0.05) is 14.2 Å². The molecule has 1 aromatic rings. The average molecular weight is 210 g/mol. The minimum absolute atomic E-state index is 0.619. The van der Waals surface area contributed by atoms with E-state index in [4.69, 9.17) is 9.47 Å². The van der Waals surface area contributed by atoms with Crippen LogP contribution in [0.15, 0.2) is 18.2 Å². The number of rotatable bonds is 4. The molecule has 1 unspecified atom stereocenters. The molecule has 0 spiro atoms. The van der Waals surface area contributed by atoms with Crippen molar-refractivity contribution >= 4 is 0 Å². The number of aliphatic hydroxyl groups excluding tert-OH is 1. The number of methoxy groups -OCH3 is 2. The molecule has 0 aliphatic carbocycles. The number of hydrogen-bond acceptors (Lipinski definition) is 3. The van der Waals surface area contributed by atoms with Crippen LogP contribution in [-0.2, 0) is 9.47 Å². The minimum atomic E-state index is -0.751. The molecule has 3 nitrogen and oxygen atoms in total. The van der Waals surface area contributed by atoms with Crippen LogP contribution in [0.3, 0.4) is 0 Å². The first-order valence-corrected chi connectivity index (χ1v) is 4.90. The molecular formula is C12H18O3. The predicted molar refractivity (Wildman–Crippen MR) is 58.7 cm³/mol. The second-order valence-electron chi connectivity index (χ2n) is 3.71. The van der Waals surface area contributed by atoms with Crippen molar-refractivity contribution in [2.75, 3.05) is 14.2 Å². The smallest absolute Gasteiger partial charge is 0.187 e. The third-order valence-electron chi connectivity index (χ3n) is 2.31. The van der Waals surface area contributed by atoms with Gasteiger partial charge in [0.05, 0.1) is 0 Å². The van der Waals surface area contributed by atoms with Gasteiger partial charge in [-0.1, -0.05) is 29.3 Å². The third-order valence-corrected chi connectivity index (χ3v) is 2.31. The van der Waals surface area contributed by atoms with Gasteiger partial charge in [0.25, 0.3) is 0 Å². The maximum Gasteiger partial charge on any atom is 0.187 e. The van der Waals surface area contributed by atoms with E-state index in [9.17, 15) is 5.11 Å². The van der Waals surface area contributed by atoms with E-state index in [0.717, 1.165) is 16.7 Å². The Morgan fingerprint density at radius 2 is 1.47 bits per heavy atom. The number of aryl methyl sites for hydroxylation is 2. The zero-order valence-corrected chi connectivity index (χ0v) is 9.65. The molecule has 0 fully saturated rings. The van der Waals surface area contributed by atoms with Crippen LogP contribution < -0.4 is 0 Å². The molecule has 1 rings (SSSR count). The monoisotopic (exact) mass is 210 g/mol. The van der Waals surface area contributed by atoms with Crippen molar-refractivity contribution < 1.29 is 14.6 Å². The quantitative estimate of drug-likeness (QED) is 0.772. The SMILES string of the molecule is COC(OC)C(O)c1cc(C)cc(C)c1. The normalized spacial score (nSPS) is 13.2. The summed E-state index contributed by atoms with van der Waals surface area (Å²) in [5.74, 6) is 0. The summed E-state index contributed by atoms with van der Waals surface area (Å²) < 4.78 is 10.0. The van der Waals surface area contributed by atoms with Crippen molar-refractivity contribution in [1.82, 2.24) is 0 Å². The van der Waals surface area contributed by atoms with E-state index in [1.807, 2.05) is 26.0 Å². The minimum Gasteiger partial charge on any atom is -0.383 e. The Kier molecular flexibility index (Phi) is 4.27. The summed E-state index contributed by atoms with van der Waals surface area (Å²) in [4.78, 5) is 0. The average Bonchev–Trinajstić information content (AvgIpc) is 2.18. The van der Waals surface area contributed by atoms with Crippen LogP contribution in [0.4, 0.5) is 0 Å². The molecule has 0 bridgehead atoms. The van der Waals surface area contributed by atoms with Gasteiger partial charge in [0.1, 0.15) is 6.10 Å². The topological polar surface area (TPSA) is 38.7 Å². The standard InChI is InChI=1S/C12H18O3/c1-8-5-9(2)7-10(6-8)11(13)12(14-3)15-4/h5-7,11-13H,1-4H3. The van der Waals surface area contributed by atoms with Gasteiger partial charge in [-0.05, 0) is 19.4 Å². The molecule has 1 atom stereocenters. The van der Waals surface area contributed by atoms with Crippen molar-refractivity contribution in [3.8, 4) is 0 Å². The first kappa shape index (κ1) is 12.2. The van der Waals surface area contributed by atoms with Crippen molar-refractivity contribution in [1.29, 1.82) is 0 Å². The molecule has 3 heteroatoms. The van der Waals surface area contributed by atoms with E-state index in [1.54, 1.807) is 0 Å². The number of hydrogen-bond donors (Lipinski definition) is 1. The summed E-state index contributed by atoms with van der Waals surface area (Å²) in [5.41, 5.74) is 3.06. The Hall–Kier alpha value is -0.900. The Bertz CT molecular complexity index is 298. The zero-order chi connectivity index (χ0) is 11.4. The molecule has 0 aromatic heterocycles. The van der Waals surface area contributed by atoms with E-state index >= 15 is 0 Å². The summed E-state index contributed by atoms with van der Waals surface area (Å²) >= 11 is 0. The van der Waals surface area contributed by atoms with Gasteiger partial charge in [-0.2, -0.15) is 0 Å². The number of benzene rings is 1. The fourth-order valence-electron chi connectivity index (χ4n) is 1.69. The fourth-order valence-corrected chi connectivity index (χ4v) is 1.69. The molecule has 1 N–H and O–H groups in total. The first-order chi connectivity index (χ1) is 7.08. The van der Waals surface area contributed by atoms with Gasteiger partial charge in [-0.15, -0.1) is 0 Å². The lowest BCUT2D eigenvalue weighted by atomic mass is 10.0. The second kappa shape index (κ2) is 5.26. The van der Waals surface area contributed by atoms with Gasteiger partial charge >= 0.3 is 0 Å². The molecule has 0 heterocycles. The van der Waals surface area contributed by atoms with Gasteiger partial charge in [-0.25, -0.2) is 0 Å². The Morgan fingerprint density at radius 1 is 1.00 bits per heavy atom. The van der Waals surface area contributed by atoms with Crippen LogP contribution in [-0.4, -0.2) is 25.6 Å². The highest BCUT2D eigenvalue weighted by Crippen LogP contribution is 2.21.